The number of fused-ring (bicyclic) bond motifs is 1. The number of ether oxygens (including phenoxy) is 2. The summed E-state index contributed by atoms with van der Waals surface area (Å²) in [6, 6.07) is 7.63. The fourth-order valence-electron chi connectivity index (χ4n) is 5.83. The molecule has 2 aliphatic rings. The molecule has 4 heterocycles. The van der Waals surface area contributed by atoms with Crippen molar-refractivity contribution >= 4 is 40.1 Å². The predicted octanol–water partition coefficient (Wildman–Crippen LogP) is 6.83. The highest BCUT2D eigenvalue weighted by Gasteiger charge is 2.53. The van der Waals surface area contributed by atoms with Gasteiger partial charge in [-0.2, -0.15) is 24.9 Å². The Labute approximate surface area is 235 Å². The number of amides is 1. The van der Waals surface area contributed by atoms with Crippen LogP contribution in [0.1, 0.15) is 55.9 Å². The topological polar surface area (TPSA) is 76.6 Å². The first-order chi connectivity index (χ1) is 19.2. The number of thioether (sulfide) groups is 1. The number of hydrogen-bond acceptors (Lipinski definition) is 7. The maximum atomic E-state index is 14.5. The number of rotatable bonds is 7. The van der Waals surface area contributed by atoms with Crippen molar-refractivity contribution in [3.8, 4) is 5.88 Å². The molecule has 1 spiro atoms. The second-order valence-corrected chi connectivity index (χ2v) is 11.6. The Morgan fingerprint density at radius 1 is 1.07 bits per heavy atom. The molecule has 0 saturated carbocycles. The van der Waals surface area contributed by atoms with E-state index in [0.717, 1.165) is 22.0 Å². The van der Waals surface area contributed by atoms with E-state index in [-0.39, 0.29) is 24.1 Å². The SMILES string of the molecule is COc1ccc2ncc(Nc3ccc([C@H](N4CCCC5(CCSCC5)C4=O)C(F)(F)F)cc3)c(C(C)OC)c2n1. The van der Waals surface area contributed by atoms with Gasteiger partial charge in [-0.25, -0.2) is 4.98 Å². The van der Waals surface area contributed by atoms with Gasteiger partial charge in [0.15, 0.2) is 6.04 Å². The number of nitrogens with one attached hydrogen (secondary N) is 1. The van der Waals surface area contributed by atoms with Crippen molar-refractivity contribution in [2.75, 3.05) is 37.6 Å². The third-order valence-corrected chi connectivity index (χ3v) is 9.03. The van der Waals surface area contributed by atoms with Gasteiger partial charge in [-0.05, 0) is 67.9 Å². The molecule has 2 atom stereocenters. The zero-order valence-corrected chi connectivity index (χ0v) is 23.6. The van der Waals surface area contributed by atoms with Gasteiger partial charge in [-0.1, -0.05) is 12.1 Å². The van der Waals surface area contributed by atoms with Gasteiger partial charge in [0.1, 0.15) is 5.52 Å². The van der Waals surface area contributed by atoms with Crippen LogP contribution >= 0.6 is 11.8 Å². The van der Waals surface area contributed by atoms with Gasteiger partial charge < -0.3 is 19.7 Å². The molecule has 1 N–H and O–H groups in total. The van der Waals surface area contributed by atoms with Crippen LogP contribution in [0.2, 0.25) is 0 Å². The average Bonchev–Trinajstić information content (AvgIpc) is 2.95. The zero-order chi connectivity index (χ0) is 28.5. The molecule has 7 nitrogen and oxygen atoms in total. The van der Waals surface area contributed by atoms with E-state index in [1.54, 1.807) is 49.3 Å². The standard InChI is InChI=1S/C29H33F3N4O3S/c1-18(38-2)24-22(17-33-21-9-10-23(39-3)35-25(21)24)34-20-7-5-19(6-8-20)26(29(30,31)32)36-14-4-11-28(27(36)37)12-15-40-16-13-28/h5-10,17-18,26,34H,4,11-16H2,1-3H3/t18?,26-/m0/s1. The second kappa shape index (κ2) is 11.4. The van der Waals surface area contributed by atoms with Crippen LogP contribution in [0.4, 0.5) is 24.5 Å². The number of hydrogen-bond donors (Lipinski definition) is 1. The van der Waals surface area contributed by atoms with Gasteiger partial charge in [0.2, 0.25) is 11.8 Å². The number of pyridine rings is 2. The summed E-state index contributed by atoms with van der Waals surface area (Å²) >= 11 is 1.76. The molecule has 40 heavy (non-hydrogen) atoms. The van der Waals surface area contributed by atoms with Gasteiger partial charge in [0.25, 0.3) is 0 Å². The number of halogens is 3. The van der Waals surface area contributed by atoms with Crippen molar-refractivity contribution in [3.63, 3.8) is 0 Å². The lowest BCUT2D eigenvalue weighted by Gasteiger charge is -2.46. The third-order valence-electron chi connectivity index (χ3n) is 8.04. The number of aromatic nitrogens is 2. The smallest absolute Gasteiger partial charge is 0.413 e. The maximum Gasteiger partial charge on any atom is 0.413 e. The van der Waals surface area contributed by atoms with E-state index in [2.05, 4.69) is 15.3 Å². The number of piperidine rings is 1. The van der Waals surface area contributed by atoms with E-state index in [1.807, 2.05) is 6.92 Å². The number of benzene rings is 1. The molecule has 1 aromatic carbocycles. The van der Waals surface area contributed by atoms with E-state index in [9.17, 15) is 18.0 Å². The summed E-state index contributed by atoms with van der Waals surface area (Å²) in [6.07, 6.45) is -0.762. The summed E-state index contributed by atoms with van der Waals surface area (Å²) in [5, 5.41) is 3.27. The van der Waals surface area contributed by atoms with Gasteiger partial charge in [0.05, 0.1) is 36.0 Å². The molecule has 2 aliphatic heterocycles. The van der Waals surface area contributed by atoms with Gasteiger partial charge >= 0.3 is 6.18 Å². The van der Waals surface area contributed by atoms with E-state index in [0.29, 0.717) is 54.0 Å². The molecule has 0 radical (unpaired) electrons. The quantitative estimate of drug-likeness (QED) is 0.332. The summed E-state index contributed by atoms with van der Waals surface area (Å²) in [7, 11) is 3.12. The third kappa shape index (κ3) is 5.45. The van der Waals surface area contributed by atoms with Crippen molar-refractivity contribution in [1.29, 1.82) is 0 Å². The molecule has 3 aromatic rings. The van der Waals surface area contributed by atoms with Crippen LogP contribution in [0.15, 0.2) is 42.6 Å². The van der Waals surface area contributed by atoms with E-state index in [4.69, 9.17) is 9.47 Å². The predicted molar refractivity (Wildman–Crippen MR) is 150 cm³/mol. The summed E-state index contributed by atoms with van der Waals surface area (Å²) in [4.78, 5) is 23.6. The minimum atomic E-state index is -4.60. The average molecular weight is 575 g/mol. The fraction of sp³-hybridized carbons (Fsp3) is 0.483. The van der Waals surface area contributed by atoms with Crippen LogP contribution in [0.25, 0.3) is 11.0 Å². The van der Waals surface area contributed by atoms with Gasteiger partial charge in [0, 0.05) is 31.0 Å². The first kappa shape index (κ1) is 28.5. The molecule has 1 amide bonds. The summed E-state index contributed by atoms with van der Waals surface area (Å²) in [6.45, 7) is 1.99. The molecule has 0 bridgehead atoms. The molecule has 214 valence electrons. The Hall–Kier alpha value is -3.05. The highest BCUT2D eigenvalue weighted by molar-refractivity contribution is 7.99. The van der Waals surface area contributed by atoms with E-state index >= 15 is 0 Å². The Balaban J connectivity index is 1.45. The molecule has 0 aliphatic carbocycles. The van der Waals surface area contributed by atoms with E-state index < -0.39 is 17.6 Å². The van der Waals surface area contributed by atoms with Crippen molar-refractivity contribution in [1.82, 2.24) is 14.9 Å². The largest absolute Gasteiger partial charge is 0.481 e. The summed E-state index contributed by atoms with van der Waals surface area (Å²) in [5.74, 6) is 1.70. The number of anilines is 2. The number of likely N-dealkylation sites (tertiary alicyclic amines) is 1. The fourth-order valence-corrected chi connectivity index (χ4v) is 7.11. The molecule has 2 aromatic heterocycles. The second-order valence-electron chi connectivity index (χ2n) is 10.4. The van der Waals surface area contributed by atoms with Crippen molar-refractivity contribution in [2.24, 2.45) is 5.41 Å². The van der Waals surface area contributed by atoms with Crippen molar-refractivity contribution < 1.29 is 27.4 Å². The molecule has 11 heteroatoms. The maximum absolute atomic E-state index is 14.5. The van der Waals surface area contributed by atoms with Gasteiger partial charge in [-0.3, -0.25) is 9.78 Å². The molecular weight excluding hydrogens is 541 g/mol. The minimum absolute atomic E-state index is 0.0437. The van der Waals surface area contributed by atoms with Gasteiger partial charge in [-0.15, -0.1) is 0 Å². The molecule has 2 saturated heterocycles. The number of alkyl halides is 3. The number of nitrogens with zero attached hydrogens (tertiary/aromatic N) is 3. The number of carbonyl (C=O) groups excluding carboxylic acids is 1. The monoisotopic (exact) mass is 574 g/mol. The molecule has 2 fully saturated rings. The lowest BCUT2D eigenvalue weighted by molar-refractivity contribution is -0.200. The summed E-state index contributed by atoms with van der Waals surface area (Å²) in [5.41, 5.74) is 2.58. The van der Waals surface area contributed by atoms with Crippen molar-refractivity contribution in [2.45, 2.75) is 50.9 Å². The lowest BCUT2D eigenvalue weighted by atomic mass is 9.73. The molecule has 1 unspecified atom stereocenters. The Bertz CT molecular complexity index is 1360. The highest BCUT2D eigenvalue weighted by atomic mass is 32.2. The first-order valence-electron chi connectivity index (χ1n) is 13.4. The van der Waals surface area contributed by atoms with Crippen LogP contribution in [-0.4, -0.2) is 59.2 Å². The number of methoxy groups -OCH3 is 2. The van der Waals surface area contributed by atoms with Crippen LogP contribution in [-0.2, 0) is 9.53 Å². The molecular formula is C29H33F3N4O3S. The Morgan fingerprint density at radius 2 is 1.80 bits per heavy atom. The molecule has 5 rings (SSSR count). The first-order valence-corrected chi connectivity index (χ1v) is 14.5. The van der Waals surface area contributed by atoms with Crippen LogP contribution in [0.3, 0.4) is 0 Å². The van der Waals surface area contributed by atoms with Crippen molar-refractivity contribution in [3.05, 3.63) is 53.7 Å². The minimum Gasteiger partial charge on any atom is -0.481 e. The van der Waals surface area contributed by atoms with Crippen LogP contribution < -0.4 is 10.1 Å². The van der Waals surface area contributed by atoms with E-state index in [1.165, 1.54) is 19.2 Å². The van der Waals surface area contributed by atoms with Crippen LogP contribution in [0, 0.1) is 5.41 Å². The normalized spacial score (nSPS) is 19.1. The van der Waals surface area contributed by atoms with Crippen LogP contribution in [0.5, 0.6) is 5.88 Å². The number of carbonyl (C=O) groups is 1. The summed E-state index contributed by atoms with van der Waals surface area (Å²) < 4.78 is 54.4. The Morgan fingerprint density at radius 3 is 2.45 bits per heavy atom. The Kier molecular flexibility index (Phi) is 8.15. The lowest BCUT2D eigenvalue weighted by Crippen LogP contribution is -2.54. The highest BCUT2D eigenvalue weighted by Crippen LogP contribution is 2.48. The zero-order valence-electron chi connectivity index (χ0n) is 22.8.